The van der Waals surface area contributed by atoms with Gasteiger partial charge in [-0.3, -0.25) is 0 Å². The molecule has 0 saturated carbocycles. The molecule has 0 spiro atoms. The predicted molar refractivity (Wildman–Crippen MR) is 87.2 cm³/mol. The van der Waals surface area contributed by atoms with Gasteiger partial charge in [0.1, 0.15) is 0 Å². The first-order valence-electron chi connectivity index (χ1n) is 7.83. The quantitative estimate of drug-likeness (QED) is 0.828. The summed E-state index contributed by atoms with van der Waals surface area (Å²) in [6, 6.07) is 6.69. The second-order valence-corrected chi connectivity index (χ2v) is 8.07. The van der Waals surface area contributed by atoms with Crippen molar-refractivity contribution in [1.29, 1.82) is 0 Å². The first-order valence-corrected chi connectivity index (χ1v) is 9.32. The SMILES string of the molecule is Cc1ccc(S(=O)(=O)NC[C@H](O)CN2CCC(C)CC2)cc1. The molecular formula is C16H26N2O3S. The van der Waals surface area contributed by atoms with E-state index in [1.807, 2.05) is 6.92 Å². The first-order chi connectivity index (χ1) is 10.4. The summed E-state index contributed by atoms with van der Waals surface area (Å²) in [5.74, 6) is 0.744. The molecule has 5 nitrogen and oxygen atoms in total. The Hall–Kier alpha value is -0.950. The Labute approximate surface area is 133 Å². The van der Waals surface area contributed by atoms with Gasteiger partial charge in [0.15, 0.2) is 0 Å². The first kappa shape index (κ1) is 17.4. The van der Waals surface area contributed by atoms with E-state index in [-0.39, 0.29) is 11.4 Å². The van der Waals surface area contributed by atoms with Gasteiger partial charge in [-0.25, -0.2) is 13.1 Å². The lowest BCUT2D eigenvalue weighted by atomic mass is 9.99. The Morgan fingerprint density at radius 3 is 2.45 bits per heavy atom. The van der Waals surface area contributed by atoms with Crippen molar-refractivity contribution in [3.63, 3.8) is 0 Å². The zero-order valence-corrected chi connectivity index (χ0v) is 14.1. The van der Waals surface area contributed by atoms with Gasteiger partial charge in [-0.1, -0.05) is 24.6 Å². The molecule has 2 rings (SSSR count). The van der Waals surface area contributed by atoms with Gasteiger partial charge < -0.3 is 10.0 Å². The molecule has 0 amide bonds. The number of aliphatic hydroxyl groups excluding tert-OH is 1. The number of aryl methyl sites for hydroxylation is 1. The topological polar surface area (TPSA) is 69.6 Å². The number of benzene rings is 1. The van der Waals surface area contributed by atoms with Crippen LogP contribution >= 0.6 is 0 Å². The summed E-state index contributed by atoms with van der Waals surface area (Å²) in [6.45, 7) is 6.66. The van der Waals surface area contributed by atoms with Crippen molar-refractivity contribution in [2.24, 2.45) is 5.92 Å². The van der Waals surface area contributed by atoms with E-state index in [2.05, 4.69) is 16.5 Å². The molecule has 0 bridgehead atoms. The Bertz CT molecular complexity index is 564. The molecule has 1 fully saturated rings. The lowest BCUT2D eigenvalue weighted by Gasteiger charge is -2.31. The smallest absolute Gasteiger partial charge is 0.240 e. The highest BCUT2D eigenvalue weighted by molar-refractivity contribution is 7.89. The van der Waals surface area contributed by atoms with Crippen LogP contribution in [0.2, 0.25) is 0 Å². The summed E-state index contributed by atoms with van der Waals surface area (Å²) >= 11 is 0. The van der Waals surface area contributed by atoms with Gasteiger partial charge in [0.05, 0.1) is 11.0 Å². The molecule has 0 aliphatic carbocycles. The van der Waals surface area contributed by atoms with Gasteiger partial charge in [-0.05, 0) is 50.9 Å². The van der Waals surface area contributed by atoms with Crippen LogP contribution in [0.1, 0.15) is 25.3 Å². The van der Waals surface area contributed by atoms with E-state index in [0.29, 0.717) is 6.54 Å². The lowest BCUT2D eigenvalue weighted by Crippen LogP contribution is -2.43. The van der Waals surface area contributed by atoms with Gasteiger partial charge in [0.25, 0.3) is 0 Å². The van der Waals surface area contributed by atoms with Gasteiger partial charge in [0, 0.05) is 13.1 Å². The summed E-state index contributed by atoms with van der Waals surface area (Å²) < 4.78 is 26.8. The largest absolute Gasteiger partial charge is 0.390 e. The van der Waals surface area contributed by atoms with Gasteiger partial charge >= 0.3 is 0 Å². The standard InChI is InChI=1S/C16H26N2O3S/c1-13-3-5-16(6-4-13)22(20,21)17-11-15(19)12-18-9-7-14(2)8-10-18/h3-6,14-15,17,19H,7-12H2,1-2H3/t15-/m0/s1. The van der Waals surface area contributed by atoms with E-state index in [0.717, 1.165) is 37.4 Å². The molecule has 124 valence electrons. The third-order valence-corrected chi connectivity index (χ3v) is 5.62. The van der Waals surface area contributed by atoms with Crippen molar-refractivity contribution in [1.82, 2.24) is 9.62 Å². The van der Waals surface area contributed by atoms with Crippen molar-refractivity contribution in [2.45, 2.75) is 37.7 Å². The van der Waals surface area contributed by atoms with Crippen LogP contribution in [0.5, 0.6) is 0 Å². The maximum atomic E-state index is 12.1. The Kier molecular flexibility index (Phi) is 5.97. The highest BCUT2D eigenvalue weighted by atomic mass is 32.2. The van der Waals surface area contributed by atoms with Crippen LogP contribution in [0.15, 0.2) is 29.2 Å². The van der Waals surface area contributed by atoms with E-state index < -0.39 is 16.1 Å². The normalized spacial score (nSPS) is 19.2. The molecule has 1 aliphatic heterocycles. The van der Waals surface area contributed by atoms with E-state index >= 15 is 0 Å². The van der Waals surface area contributed by atoms with Crippen LogP contribution in [-0.2, 0) is 10.0 Å². The van der Waals surface area contributed by atoms with Crippen LogP contribution in [0.25, 0.3) is 0 Å². The number of rotatable bonds is 6. The van der Waals surface area contributed by atoms with Crippen LogP contribution in [-0.4, -0.2) is 50.7 Å². The number of hydrogen-bond acceptors (Lipinski definition) is 4. The summed E-state index contributed by atoms with van der Waals surface area (Å²) in [4.78, 5) is 2.43. The Morgan fingerprint density at radius 2 is 1.86 bits per heavy atom. The second kappa shape index (κ2) is 7.55. The number of β-amino-alcohol motifs (C(OH)–C–C–N with tert-alkyl or cyclic N) is 1. The average molecular weight is 326 g/mol. The third-order valence-electron chi connectivity index (χ3n) is 4.19. The number of piperidine rings is 1. The maximum Gasteiger partial charge on any atom is 0.240 e. The Balaban J connectivity index is 1.82. The number of hydrogen-bond donors (Lipinski definition) is 2. The third kappa shape index (κ3) is 5.05. The van der Waals surface area contributed by atoms with E-state index in [4.69, 9.17) is 0 Å². The van der Waals surface area contributed by atoms with Crippen LogP contribution in [0.3, 0.4) is 0 Å². The molecule has 1 saturated heterocycles. The second-order valence-electron chi connectivity index (χ2n) is 6.30. The number of sulfonamides is 1. The maximum absolute atomic E-state index is 12.1. The summed E-state index contributed by atoms with van der Waals surface area (Å²) in [5, 5.41) is 10.1. The van der Waals surface area contributed by atoms with Crippen molar-refractivity contribution >= 4 is 10.0 Å². The molecule has 1 heterocycles. The summed E-state index contributed by atoms with van der Waals surface area (Å²) in [6.07, 6.45) is 1.59. The van der Waals surface area contributed by atoms with E-state index in [9.17, 15) is 13.5 Å². The highest BCUT2D eigenvalue weighted by Crippen LogP contribution is 2.16. The Morgan fingerprint density at radius 1 is 1.27 bits per heavy atom. The van der Waals surface area contributed by atoms with Crippen molar-refractivity contribution < 1.29 is 13.5 Å². The molecule has 6 heteroatoms. The molecule has 2 N–H and O–H groups in total. The number of nitrogens with one attached hydrogen (secondary N) is 1. The minimum atomic E-state index is -3.55. The van der Waals surface area contributed by atoms with Gasteiger partial charge in [-0.2, -0.15) is 0 Å². The molecule has 1 aromatic rings. The summed E-state index contributed by atoms with van der Waals surface area (Å²) in [7, 11) is -3.55. The predicted octanol–water partition coefficient (Wildman–Crippen LogP) is 1.37. The minimum Gasteiger partial charge on any atom is -0.390 e. The summed E-state index contributed by atoms with van der Waals surface area (Å²) in [5.41, 5.74) is 1.01. The minimum absolute atomic E-state index is 0.0439. The van der Waals surface area contributed by atoms with Crippen molar-refractivity contribution in [3.8, 4) is 0 Å². The van der Waals surface area contributed by atoms with Crippen molar-refractivity contribution in [2.75, 3.05) is 26.2 Å². The molecule has 0 radical (unpaired) electrons. The number of nitrogens with zero attached hydrogens (tertiary/aromatic N) is 1. The molecule has 1 aliphatic rings. The fourth-order valence-electron chi connectivity index (χ4n) is 2.61. The van der Waals surface area contributed by atoms with Crippen LogP contribution in [0, 0.1) is 12.8 Å². The van der Waals surface area contributed by atoms with Gasteiger partial charge in [-0.15, -0.1) is 0 Å². The van der Waals surface area contributed by atoms with Gasteiger partial charge in [0.2, 0.25) is 10.0 Å². The van der Waals surface area contributed by atoms with E-state index in [1.54, 1.807) is 24.3 Å². The molecule has 1 aromatic carbocycles. The monoisotopic (exact) mass is 326 g/mol. The molecule has 0 aromatic heterocycles. The fraction of sp³-hybridized carbons (Fsp3) is 0.625. The molecule has 22 heavy (non-hydrogen) atoms. The lowest BCUT2D eigenvalue weighted by molar-refractivity contribution is 0.0942. The van der Waals surface area contributed by atoms with E-state index in [1.165, 1.54) is 0 Å². The van der Waals surface area contributed by atoms with Crippen LogP contribution < -0.4 is 4.72 Å². The fourth-order valence-corrected chi connectivity index (χ4v) is 3.69. The zero-order chi connectivity index (χ0) is 16.2. The van der Waals surface area contributed by atoms with Crippen molar-refractivity contribution in [3.05, 3.63) is 29.8 Å². The zero-order valence-electron chi connectivity index (χ0n) is 13.3. The molecule has 1 atom stereocenters. The molecule has 0 unspecified atom stereocenters. The number of likely N-dealkylation sites (tertiary alicyclic amines) is 1. The van der Waals surface area contributed by atoms with Crippen LogP contribution in [0.4, 0.5) is 0 Å². The molecular weight excluding hydrogens is 300 g/mol. The highest BCUT2D eigenvalue weighted by Gasteiger charge is 2.20. The number of aliphatic hydroxyl groups is 1. The average Bonchev–Trinajstić information content (AvgIpc) is 2.48.